The van der Waals surface area contributed by atoms with Gasteiger partial charge in [0.05, 0.1) is 11.3 Å². The van der Waals surface area contributed by atoms with Crippen LogP contribution >= 0.6 is 0 Å². The van der Waals surface area contributed by atoms with E-state index in [-0.39, 0.29) is 0 Å². The Hall–Kier alpha value is -1.12. The molecule has 3 heteroatoms. The van der Waals surface area contributed by atoms with Gasteiger partial charge in [0.15, 0.2) is 6.29 Å². The molecule has 0 aliphatic carbocycles. The van der Waals surface area contributed by atoms with E-state index in [1.165, 1.54) is 0 Å². The third-order valence-electron chi connectivity index (χ3n) is 2.09. The Labute approximate surface area is 72.4 Å². The maximum Gasteiger partial charge on any atom is 0.153 e. The van der Waals surface area contributed by atoms with E-state index >= 15 is 0 Å². The van der Waals surface area contributed by atoms with Crippen LogP contribution < -0.4 is 0 Å². The lowest BCUT2D eigenvalue weighted by molar-refractivity contribution is 0.112. The Kier molecular flexibility index (Phi) is 2.63. The molecule has 0 fully saturated rings. The minimum absolute atomic E-state index is 0.367. The van der Waals surface area contributed by atoms with E-state index in [4.69, 9.17) is 0 Å². The van der Waals surface area contributed by atoms with Crippen molar-refractivity contribution < 1.29 is 4.79 Å². The van der Waals surface area contributed by atoms with E-state index in [0.717, 1.165) is 18.4 Å². The Morgan fingerprint density at radius 2 is 2.42 bits per heavy atom. The minimum Gasteiger partial charge on any atom is -0.298 e. The Balaban J connectivity index is 3.03. The second kappa shape index (κ2) is 3.52. The van der Waals surface area contributed by atoms with E-state index < -0.39 is 0 Å². The van der Waals surface area contributed by atoms with Crippen molar-refractivity contribution >= 4 is 6.29 Å². The predicted molar refractivity (Wildman–Crippen MR) is 47.3 cm³/mol. The molecule has 0 saturated carbocycles. The van der Waals surface area contributed by atoms with Gasteiger partial charge in [-0.05, 0) is 6.42 Å². The highest BCUT2D eigenvalue weighted by Crippen LogP contribution is 2.19. The van der Waals surface area contributed by atoms with Crippen LogP contribution in [0.3, 0.4) is 0 Å². The van der Waals surface area contributed by atoms with Gasteiger partial charge < -0.3 is 0 Å². The van der Waals surface area contributed by atoms with Crippen molar-refractivity contribution in [1.82, 2.24) is 9.78 Å². The molecule has 12 heavy (non-hydrogen) atoms. The summed E-state index contributed by atoms with van der Waals surface area (Å²) in [4.78, 5) is 10.6. The fraction of sp³-hybridized carbons (Fsp3) is 0.556. The van der Waals surface area contributed by atoms with Gasteiger partial charge in [-0.2, -0.15) is 5.10 Å². The highest BCUT2D eigenvalue weighted by Gasteiger charge is 2.12. The molecule has 0 N–H and O–H groups in total. The van der Waals surface area contributed by atoms with Crippen LogP contribution in [0.25, 0.3) is 0 Å². The van der Waals surface area contributed by atoms with Crippen LogP contribution in [-0.2, 0) is 7.05 Å². The standard InChI is InChI=1S/C9H14N2O/c1-4-7(2)9-8(6-12)5-11(3)10-9/h5-7H,4H2,1-3H3/t7-/m0/s1. The molecule has 1 heterocycles. The number of carbonyl (C=O) groups excluding carboxylic acids is 1. The summed E-state index contributed by atoms with van der Waals surface area (Å²) < 4.78 is 1.69. The van der Waals surface area contributed by atoms with Crippen molar-refractivity contribution in [3.63, 3.8) is 0 Å². The molecule has 66 valence electrons. The van der Waals surface area contributed by atoms with Crippen molar-refractivity contribution in [3.8, 4) is 0 Å². The van der Waals surface area contributed by atoms with Gasteiger partial charge in [-0.25, -0.2) is 0 Å². The average Bonchev–Trinajstić information content (AvgIpc) is 2.45. The molecule has 0 unspecified atom stereocenters. The number of carbonyl (C=O) groups is 1. The molecule has 1 aromatic heterocycles. The third-order valence-corrected chi connectivity index (χ3v) is 2.09. The van der Waals surface area contributed by atoms with E-state index in [0.29, 0.717) is 11.5 Å². The summed E-state index contributed by atoms with van der Waals surface area (Å²) in [6, 6.07) is 0. The van der Waals surface area contributed by atoms with Crippen LogP contribution in [-0.4, -0.2) is 16.1 Å². The zero-order valence-corrected chi connectivity index (χ0v) is 7.74. The van der Waals surface area contributed by atoms with Gasteiger partial charge in [-0.15, -0.1) is 0 Å². The molecule has 0 radical (unpaired) electrons. The molecular formula is C9H14N2O. The summed E-state index contributed by atoms with van der Waals surface area (Å²) in [6.45, 7) is 4.17. The van der Waals surface area contributed by atoms with Crippen molar-refractivity contribution in [2.24, 2.45) is 7.05 Å². The molecule has 1 rings (SSSR count). The Morgan fingerprint density at radius 1 is 1.75 bits per heavy atom. The largest absolute Gasteiger partial charge is 0.298 e. The predicted octanol–water partition coefficient (Wildman–Crippen LogP) is 1.75. The number of rotatable bonds is 3. The lowest BCUT2D eigenvalue weighted by atomic mass is 10.0. The summed E-state index contributed by atoms with van der Waals surface area (Å²) in [5.74, 6) is 0.367. The molecule has 3 nitrogen and oxygen atoms in total. The number of aryl methyl sites for hydroxylation is 1. The molecule has 0 saturated heterocycles. The van der Waals surface area contributed by atoms with Crippen LogP contribution in [0.1, 0.15) is 42.2 Å². The number of aromatic nitrogens is 2. The Morgan fingerprint density at radius 3 is 2.92 bits per heavy atom. The molecule has 0 aliphatic heterocycles. The zero-order valence-electron chi connectivity index (χ0n) is 7.74. The second-order valence-corrected chi connectivity index (χ2v) is 3.07. The van der Waals surface area contributed by atoms with Gasteiger partial charge in [-0.1, -0.05) is 13.8 Å². The van der Waals surface area contributed by atoms with Crippen LogP contribution in [0.4, 0.5) is 0 Å². The van der Waals surface area contributed by atoms with Crippen molar-refractivity contribution in [3.05, 3.63) is 17.5 Å². The molecule has 1 atom stereocenters. The molecule has 0 aliphatic rings. The summed E-state index contributed by atoms with van der Waals surface area (Å²) >= 11 is 0. The fourth-order valence-corrected chi connectivity index (χ4v) is 1.19. The molecule has 0 bridgehead atoms. The summed E-state index contributed by atoms with van der Waals surface area (Å²) in [7, 11) is 1.83. The first-order valence-corrected chi connectivity index (χ1v) is 4.17. The van der Waals surface area contributed by atoms with Crippen molar-refractivity contribution in [2.75, 3.05) is 0 Å². The van der Waals surface area contributed by atoms with Crippen LogP contribution in [0.2, 0.25) is 0 Å². The SMILES string of the molecule is CC[C@H](C)c1nn(C)cc1C=O. The maximum atomic E-state index is 10.6. The number of nitrogens with zero attached hydrogens (tertiary/aromatic N) is 2. The number of hydrogen-bond acceptors (Lipinski definition) is 2. The Bertz CT molecular complexity index is 278. The first kappa shape index (κ1) is 8.97. The van der Waals surface area contributed by atoms with Crippen molar-refractivity contribution in [2.45, 2.75) is 26.2 Å². The summed E-state index contributed by atoms with van der Waals surface area (Å²) in [6.07, 6.45) is 3.64. The van der Waals surface area contributed by atoms with Crippen molar-refractivity contribution in [1.29, 1.82) is 0 Å². The monoisotopic (exact) mass is 166 g/mol. The highest BCUT2D eigenvalue weighted by atomic mass is 16.1. The topological polar surface area (TPSA) is 34.9 Å². The highest BCUT2D eigenvalue weighted by molar-refractivity contribution is 5.76. The van der Waals surface area contributed by atoms with Gasteiger partial charge in [0.1, 0.15) is 0 Å². The van der Waals surface area contributed by atoms with E-state index in [1.54, 1.807) is 10.9 Å². The van der Waals surface area contributed by atoms with Gasteiger partial charge >= 0.3 is 0 Å². The molecule has 0 aromatic carbocycles. The van der Waals surface area contributed by atoms with Gasteiger partial charge in [-0.3, -0.25) is 9.48 Å². The first-order valence-electron chi connectivity index (χ1n) is 4.17. The normalized spacial score (nSPS) is 12.9. The fourth-order valence-electron chi connectivity index (χ4n) is 1.19. The lowest BCUT2D eigenvalue weighted by Gasteiger charge is -2.03. The smallest absolute Gasteiger partial charge is 0.153 e. The second-order valence-electron chi connectivity index (χ2n) is 3.07. The quantitative estimate of drug-likeness (QED) is 0.641. The average molecular weight is 166 g/mol. The van der Waals surface area contributed by atoms with Crippen LogP contribution in [0.15, 0.2) is 6.20 Å². The summed E-state index contributed by atoms with van der Waals surface area (Å²) in [5.41, 5.74) is 1.63. The van der Waals surface area contributed by atoms with E-state index in [2.05, 4.69) is 18.9 Å². The molecule has 0 amide bonds. The third kappa shape index (κ3) is 1.55. The number of aldehydes is 1. The lowest BCUT2D eigenvalue weighted by Crippen LogP contribution is -1.97. The van der Waals surface area contributed by atoms with E-state index in [1.807, 2.05) is 7.05 Å². The van der Waals surface area contributed by atoms with E-state index in [9.17, 15) is 4.79 Å². The molecule has 0 spiro atoms. The number of hydrogen-bond donors (Lipinski definition) is 0. The van der Waals surface area contributed by atoms with Gasteiger partial charge in [0, 0.05) is 19.2 Å². The minimum atomic E-state index is 0.367. The zero-order chi connectivity index (χ0) is 9.14. The molecular weight excluding hydrogens is 152 g/mol. The van der Waals surface area contributed by atoms with Crippen LogP contribution in [0, 0.1) is 0 Å². The summed E-state index contributed by atoms with van der Waals surface area (Å²) in [5, 5.41) is 4.24. The van der Waals surface area contributed by atoms with Crippen LogP contribution in [0.5, 0.6) is 0 Å². The molecule has 1 aromatic rings. The maximum absolute atomic E-state index is 10.6. The van der Waals surface area contributed by atoms with Gasteiger partial charge in [0.25, 0.3) is 0 Å². The van der Waals surface area contributed by atoms with Gasteiger partial charge in [0.2, 0.25) is 0 Å². The first-order chi connectivity index (χ1) is 5.69.